The summed E-state index contributed by atoms with van der Waals surface area (Å²) in [5, 5.41) is 9.40. The lowest BCUT2D eigenvalue weighted by atomic mass is 10.1. The van der Waals surface area contributed by atoms with Crippen molar-refractivity contribution in [3.8, 4) is 0 Å². The third kappa shape index (κ3) is 2.20. The number of rotatable bonds is 4. The molecule has 0 aromatic rings. The van der Waals surface area contributed by atoms with E-state index in [0.29, 0.717) is 6.04 Å². The molecular formula is C10H21NO. The van der Waals surface area contributed by atoms with Gasteiger partial charge in [0.1, 0.15) is 0 Å². The monoisotopic (exact) mass is 171 g/mol. The molecule has 1 aliphatic carbocycles. The molecule has 2 nitrogen and oxygen atoms in total. The number of aliphatic hydroxyl groups excluding tert-OH is 1. The van der Waals surface area contributed by atoms with Crippen molar-refractivity contribution in [3.05, 3.63) is 0 Å². The quantitative estimate of drug-likeness (QED) is 0.692. The third-order valence-electron chi connectivity index (χ3n) is 3.29. The van der Waals surface area contributed by atoms with E-state index >= 15 is 0 Å². The molecule has 12 heavy (non-hydrogen) atoms. The van der Waals surface area contributed by atoms with Crippen LogP contribution in [-0.2, 0) is 0 Å². The van der Waals surface area contributed by atoms with Crippen LogP contribution in [-0.4, -0.2) is 35.2 Å². The third-order valence-corrected chi connectivity index (χ3v) is 3.29. The Hall–Kier alpha value is -0.0800. The van der Waals surface area contributed by atoms with Gasteiger partial charge in [0.05, 0.1) is 6.10 Å². The second-order valence-corrected chi connectivity index (χ2v) is 4.22. The minimum atomic E-state index is -0.226. The molecule has 1 N–H and O–H groups in total. The molecule has 0 aromatic carbocycles. The minimum Gasteiger partial charge on any atom is -0.392 e. The fourth-order valence-corrected chi connectivity index (χ4v) is 1.62. The summed E-state index contributed by atoms with van der Waals surface area (Å²) in [5.41, 5.74) is 0. The van der Waals surface area contributed by atoms with Gasteiger partial charge in [-0.25, -0.2) is 0 Å². The van der Waals surface area contributed by atoms with E-state index in [1.807, 2.05) is 6.92 Å². The number of hydrogen-bond acceptors (Lipinski definition) is 2. The predicted molar refractivity (Wildman–Crippen MR) is 51.1 cm³/mol. The Labute approximate surface area is 75.6 Å². The maximum Gasteiger partial charge on any atom is 0.0664 e. The fraction of sp³-hybridized carbons (Fsp3) is 1.00. The zero-order valence-electron chi connectivity index (χ0n) is 8.62. The Kier molecular flexibility index (Phi) is 3.13. The summed E-state index contributed by atoms with van der Waals surface area (Å²) in [7, 11) is 2.11. The molecule has 2 heteroatoms. The highest BCUT2D eigenvalue weighted by Gasteiger charge is 2.32. The van der Waals surface area contributed by atoms with Gasteiger partial charge >= 0.3 is 0 Å². The van der Waals surface area contributed by atoms with E-state index in [9.17, 15) is 5.11 Å². The molecule has 1 saturated carbocycles. The van der Waals surface area contributed by atoms with Gasteiger partial charge in [0.15, 0.2) is 0 Å². The van der Waals surface area contributed by atoms with E-state index in [2.05, 4.69) is 25.8 Å². The highest BCUT2D eigenvalue weighted by atomic mass is 16.3. The normalized spacial score (nSPS) is 25.5. The molecule has 0 amide bonds. The minimum absolute atomic E-state index is 0.226. The molecule has 0 radical (unpaired) electrons. The highest BCUT2D eigenvalue weighted by Crippen LogP contribution is 2.35. The van der Waals surface area contributed by atoms with Crippen LogP contribution >= 0.6 is 0 Å². The van der Waals surface area contributed by atoms with Crippen LogP contribution in [0.3, 0.4) is 0 Å². The summed E-state index contributed by atoms with van der Waals surface area (Å²) >= 11 is 0. The standard InChI is InChI=1S/C10H21NO/c1-7(9(3)12)11(4)8(2)10-5-6-10/h7-10,12H,5-6H2,1-4H3. The van der Waals surface area contributed by atoms with Gasteiger partial charge in [-0.15, -0.1) is 0 Å². The fourth-order valence-electron chi connectivity index (χ4n) is 1.62. The second kappa shape index (κ2) is 3.75. The predicted octanol–water partition coefficient (Wildman–Crippen LogP) is 1.49. The first-order valence-electron chi connectivity index (χ1n) is 4.94. The van der Waals surface area contributed by atoms with Crippen molar-refractivity contribution in [2.45, 2.75) is 51.8 Å². The van der Waals surface area contributed by atoms with Crippen LogP contribution in [0.1, 0.15) is 33.6 Å². The molecule has 1 fully saturated rings. The van der Waals surface area contributed by atoms with Crippen molar-refractivity contribution >= 4 is 0 Å². The SMILES string of the molecule is CC(O)C(C)N(C)C(C)C1CC1. The van der Waals surface area contributed by atoms with Gasteiger partial charge in [-0.1, -0.05) is 0 Å². The van der Waals surface area contributed by atoms with E-state index in [4.69, 9.17) is 0 Å². The number of hydrogen-bond donors (Lipinski definition) is 1. The topological polar surface area (TPSA) is 23.5 Å². The summed E-state index contributed by atoms with van der Waals surface area (Å²) in [6.07, 6.45) is 2.52. The average Bonchev–Trinajstić information content (AvgIpc) is 2.82. The first-order valence-corrected chi connectivity index (χ1v) is 4.94. The lowest BCUT2D eigenvalue weighted by molar-refractivity contribution is 0.0600. The molecule has 0 aromatic heterocycles. The van der Waals surface area contributed by atoms with E-state index in [1.165, 1.54) is 12.8 Å². The Morgan fingerprint density at radius 1 is 1.25 bits per heavy atom. The molecule has 1 aliphatic rings. The van der Waals surface area contributed by atoms with Gasteiger partial charge < -0.3 is 5.11 Å². The van der Waals surface area contributed by atoms with Crippen LogP contribution in [0.25, 0.3) is 0 Å². The molecule has 3 atom stereocenters. The van der Waals surface area contributed by atoms with Gasteiger partial charge in [-0.05, 0) is 46.6 Å². The van der Waals surface area contributed by atoms with Crippen molar-refractivity contribution in [2.75, 3.05) is 7.05 Å². The molecule has 0 aliphatic heterocycles. The van der Waals surface area contributed by atoms with Gasteiger partial charge in [-0.2, -0.15) is 0 Å². The molecule has 0 bridgehead atoms. The average molecular weight is 171 g/mol. The molecule has 0 spiro atoms. The van der Waals surface area contributed by atoms with Crippen molar-refractivity contribution in [1.29, 1.82) is 0 Å². The zero-order valence-corrected chi connectivity index (χ0v) is 8.62. The van der Waals surface area contributed by atoms with Crippen molar-refractivity contribution in [1.82, 2.24) is 4.90 Å². The van der Waals surface area contributed by atoms with E-state index < -0.39 is 0 Å². The van der Waals surface area contributed by atoms with Gasteiger partial charge in [0, 0.05) is 12.1 Å². The molecule has 72 valence electrons. The molecule has 3 unspecified atom stereocenters. The number of likely N-dealkylation sites (N-methyl/N-ethyl adjacent to an activating group) is 1. The maximum atomic E-state index is 9.40. The molecule has 1 rings (SSSR count). The smallest absolute Gasteiger partial charge is 0.0664 e. The summed E-state index contributed by atoms with van der Waals surface area (Å²) in [6, 6.07) is 0.912. The van der Waals surface area contributed by atoms with E-state index in [0.717, 1.165) is 5.92 Å². The number of nitrogens with zero attached hydrogens (tertiary/aromatic N) is 1. The highest BCUT2D eigenvalue weighted by molar-refractivity contribution is 4.86. The summed E-state index contributed by atoms with van der Waals surface area (Å²) in [4.78, 5) is 2.29. The van der Waals surface area contributed by atoms with Crippen LogP contribution in [0.5, 0.6) is 0 Å². The van der Waals surface area contributed by atoms with Crippen LogP contribution in [0.15, 0.2) is 0 Å². The van der Waals surface area contributed by atoms with Gasteiger partial charge in [0.2, 0.25) is 0 Å². The summed E-state index contributed by atoms with van der Waals surface area (Å²) < 4.78 is 0. The zero-order chi connectivity index (χ0) is 9.30. The van der Waals surface area contributed by atoms with Crippen LogP contribution in [0, 0.1) is 5.92 Å². The first kappa shape index (κ1) is 10.0. The molecule has 0 heterocycles. The van der Waals surface area contributed by atoms with E-state index in [-0.39, 0.29) is 12.1 Å². The second-order valence-electron chi connectivity index (χ2n) is 4.22. The van der Waals surface area contributed by atoms with Crippen molar-refractivity contribution in [2.24, 2.45) is 5.92 Å². The largest absolute Gasteiger partial charge is 0.392 e. The first-order chi connectivity index (χ1) is 5.54. The van der Waals surface area contributed by atoms with Crippen LogP contribution in [0.2, 0.25) is 0 Å². The molecule has 0 saturated heterocycles. The van der Waals surface area contributed by atoms with E-state index in [1.54, 1.807) is 0 Å². The Morgan fingerprint density at radius 2 is 1.75 bits per heavy atom. The van der Waals surface area contributed by atoms with Crippen LogP contribution in [0.4, 0.5) is 0 Å². The lowest BCUT2D eigenvalue weighted by Gasteiger charge is -2.32. The van der Waals surface area contributed by atoms with Gasteiger partial charge in [0.25, 0.3) is 0 Å². The molecular weight excluding hydrogens is 150 g/mol. The lowest BCUT2D eigenvalue weighted by Crippen LogP contribution is -2.43. The van der Waals surface area contributed by atoms with Crippen molar-refractivity contribution < 1.29 is 5.11 Å². The Morgan fingerprint density at radius 3 is 2.08 bits per heavy atom. The van der Waals surface area contributed by atoms with Crippen molar-refractivity contribution in [3.63, 3.8) is 0 Å². The summed E-state index contributed by atoms with van der Waals surface area (Å²) in [6.45, 7) is 6.21. The van der Waals surface area contributed by atoms with Crippen LogP contribution < -0.4 is 0 Å². The Bertz CT molecular complexity index is 135. The maximum absolute atomic E-state index is 9.40. The van der Waals surface area contributed by atoms with Gasteiger partial charge in [-0.3, -0.25) is 4.90 Å². The Balaban J connectivity index is 2.38. The number of aliphatic hydroxyl groups is 1. The summed E-state index contributed by atoms with van der Waals surface area (Å²) in [5.74, 6) is 0.885.